The van der Waals surface area contributed by atoms with Crippen molar-refractivity contribution < 1.29 is 4.79 Å². The van der Waals surface area contributed by atoms with Gasteiger partial charge in [0, 0.05) is 17.4 Å². The van der Waals surface area contributed by atoms with Crippen LogP contribution in [0.5, 0.6) is 0 Å². The summed E-state index contributed by atoms with van der Waals surface area (Å²) >= 11 is 5.75. The van der Waals surface area contributed by atoms with Gasteiger partial charge in [0.1, 0.15) is 0 Å². The second-order valence-corrected chi connectivity index (χ2v) is 3.50. The first-order valence-corrected chi connectivity index (χ1v) is 4.67. The van der Waals surface area contributed by atoms with E-state index in [2.05, 4.69) is 6.58 Å². The summed E-state index contributed by atoms with van der Waals surface area (Å²) in [6.45, 7) is 3.67. The Kier molecular flexibility index (Phi) is 3.72. The van der Waals surface area contributed by atoms with Crippen LogP contribution in [0, 0.1) is 0 Å². The van der Waals surface area contributed by atoms with Crippen LogP contribution in [-0.2, 0) is 4.79 Å². The first-order chi connectivity index (χ1) is 6.63. The molecule has 0 spiro atoms. The number of hydrogen-bond donors (Lipinski definition) is 1. The first-order valence-electron chi connectivity index (χ1n) is 4.30. The van der Waals surface area contributed by atoms with Crippen molar-refractivity contribution in [2.24, 2.45) is 5.73 Å². The van der Waals surface area contributed by atoms with Gasteiger partial charge in [-0.25, -0.2) is 0 Å². The highest BCUT2D eigenvalue weighted by atomic mass is 35.5. The fourth-order valence-corrected chi connectivity index (χ4v) is 1.39. The van der Waals surface area contributed by atoms with E-state index in [-0.39, 0.29) is 18.2 Å². The Balaban J connectivity index is 2.84. The van der Waals surface area contributed by atoms with Crippen LogP contribution in [0.25, 0.3) is 0 Å². The van der Waals surface area contributed by atoms with Gasteiger partial charge < -0.3 is 5.73 Å². The Bertz CT molecular complexity index is 332. The molecule has 0 heterocycles. The Morgan fingerprint density at radius 3 is 2.50 bits per heavy atom. The number of hydrogen-bond acceptors (Lipinski definition) is 1. The molecule has 1 rings (SSSR count). The highest BCUT2D eigenvalue weighted by Gasteiger charge is 2.09. The highest BCUT2D eigenvalue weighted by Crippen LogP contribution is 2.22. The molecule has 1 aromatic rings. The van der Waals surface area contributed by atoms with Gasteiger partial charge in [-0.2, -0.15) is 0 Å². The van der Waals surface area contributed by atoms with Gasteiger partial charge in [-0.1, -0.05) is 29.8 Å². The minimum Gasteiger partial charge on any atom is -0.370 e. The van der Waals surface area contributed by atoms with Gasteiger partial charge in [-0.05, 0) is 17.7 Å². The Morgan fingerprint density at radius 2 is 2.07 bits per heavy atom. The molecule has 3 heteroatoms. The fourth-order valence-electron chi connectivity index (χ4n) is 1.26. The first kappa shape index (κ1) is 10.8. The van der Waals surface area contributed by atoms with Gasteiger partial charge in [-0.15, -0.1) is 6.58 Å². The molecular formula is C11H12ClNO. The number of benzene rings is 1. The number of rotatable bonds is 4. The Labute approximate surface area is 88.4 Å². The molecule has 0 aromatic heterocycles. The smallest absolute Gasteiger partial charge is 0.218 e. The number of carbonyl (C=O) groups is 1. The molecule has 1 aromatic carbocycles. The van der Waals surface area contributed by atoms with Crippen LogP contribution in [0.4, 0.5) is 0 Å². The maximum absolute atomic E-state index is 10.8. The van der Waals surface area contributed by atoms with Crippen LogP contribution in [0.2, 0.25) is 5.02 Å². The molecule has 0 fully saturated rings. The van der Waals surface area contributed by atoms with Crippen molar-refractivity contribution >= 4 is 17.5 Å². The van der Waals surface area contributed by atoms with Crippen molar-refractivity contribution in [3.8, 4) is 0 Å². The quantitative estimate of drug-likeness (QED) is 0.761. The van der Waals surface area contributed by atoms with Crippen molar-refractivity contribution in [2.45, 2.75) is 12.3 Å². The van der Waals surface area contributed by atoms with Crippen LogP contribution in [0.1, 0.15) is 17.9 Å². The molecule has 1 amide bonds. The normalized spacial score (nSPS) is 12.1. The summed E-state index contributed by atoms with van der Waals surface area (Å²) in [5.41, 5.74) is 6.13. The SMILES string of the molecule is C=C[C@H](CC(N)=O)c1ccc(Cl)cc1. The highest BCUT2D eigenvalue weighted by molar-refractivity contribution is 6.30. The molecule has 1 atom stereocenters. The Morgan fingerprint density at radius 1 is 1.50 bits per heavy atom. The van der Waals surface area contributed by atoms with Crippen LogP contribution in [-0.4, -0.2) is 5.91 Å². The predicted octanol–water partition coefficient (Wildman–Crippen LogP) is 2.49. The third-order valence-electron chi connectivity index (χ3n) is 2.00. The molecule has 2 nitrogen and oxygen atoms in total. The van der Waals surface area contributed by atoms with Crippen LogP contribution < -0.4 is 5.73 Å². The van der Waals surface area contributed by atoms with Crippen molar-refractivity contribution in [3.05, 3.63) is 47.5 Å². The third kappa shape index (κ3) is 2.89. The van der Waals surface area contributed by atoms with Crippen LogP contribution >= 0.6 is 11.6 Å². The van der Waals surface area contributed by atoms with Crippen molar-refractivity contribution in [3.63, 3.8) is 0 Å². The molecule has 0 bridgehead atoms. The molecule has 74 valence electrons. The van der Waals surface area contributed by atoms with E-state index < -0.39 is 0 Å². The molecular weight excluding hydrogens is 198 g/mol. The average molecular weight is 210 g/mol. The predicted molar refractivity (Wildman–Crippen MR) is 58.2 cm³/mol. The lowest BCUT2D eigenvalue weighted by molar-refractivity contribution is -0.118. The largest absolute Gasteiger partial charge is 0.370 e. The van der Waals surface area contributed by atoms with E-state index >= 15 is 0 Å². The summed E-state index contributed by atoms with van der Waals surface area (Å²) in [5, 5.41) is 0.677. The molecule has 2 N–H and O–H groups in total. The van der Waals surface area contributed by atoms with E-state index in [1.165, 1.54) is 0 Å². The molecule has 0 radical (unpaired) electrons. The maximum Gasteiger partial charge on any atom is 0.218 e. The van der Waals surface area contributed by atoms with Gasteiger partial charge in [0.05, 0.1) is 0 Å². The topological polar surface area (TPSA) is 43.1 Å². The monoisotopic (exact) mass is 209 g/mol. The molecule has 0 aliphatic heterocycles. The van der Waals surface area contributed by atoms with Crippen LogP contribution in [0.15, 0.2) is 36.9 Å². The summed E-state index contributed by atoms with van der Waals surface area (Å²) in [7, 11) is 0. The standard InChI is InChI=1S/C11H12ClNO/c1-2-8(7-11(13)14)9-3-5-10(12)6-4-9/h2-6,8H,1,7H2,(H2,13,14)/t8-/m1/s1. The zero-order valence-corrected chi connectivity index (χ0v) is 8.50. The van der Waals surface area contributed by atoms with Gasteiger partial charge in [0.25, 0.3) is 0 Å². The second-order valence-electron chi connectivity index (χ2n) is 3.06. The molecule has 14 heavy (non-hydrogen) atoms. The maximum atomic E-state index is 10.8. The van der Waals surface area contributed by atoms with E-state index in [9.17, 15) is 4.79 Å². The number of amides is 1. The van der Waals surface area contributed by atoms with E-state index in [0.717, 1.165) is 5.56 Å². The molecule has 0 aliphatic rings. The fraction of sp³-hybridized carbons (Fsp3) is 0.182. The summed E-state index contributed by atoms with van der Waals surface area (Å²) in [5.74, 6) is -0.352. The average Bonchev–Trinajstić information content (AvgIpc) is 2.15. The van der Waals surface area contributed by atoms with E-state index in [1.54, 1.807) is 18.2 Å². The zero-order valence-electron chi connectivity index (χ0n) is 7.74. The van der Waals surface area contributed by atoms with Crippen molar-refractivity contribution in [2.75, 3.05) is 0 Å². The zero-order chi connectivity index (χ0) is 10.6. The number of carbonyl (C=O) groups excluding carboxylic acids is 1. The van der Waals surface area contributed by atoms with Gasteiger partial charge >= 0.3 is 0 Å². The summed E-state index contributed by atoms with van der Waals surface area (Å²) < 4.78 is 0. The summed E-state index contributed by atoms with van der Waals surface area (Å²) in [6, 6.07) is 7.32. The lowest BCUT2D eigenvalue weighted by atomic mass is 9.96. The van der Waals surface area contributed by atoms with Crippen molar-refractivity contribution in [1.29, 1.82) is 0 Å². The van der Waals surface area contributed by atoms with E-state index in [0.29, 0.717) is 5.02 Å². The number of primary amides is 1. The lowest BCUT2D eigenvalue weighted by Gasteiger charge is -2.10. The minimum absolute atomic E-state index is 0.0234. The van der Waals surface area contributed by atoms with Gasteiger partial charge in [0.15, 0.2) is 0 Å². The van der Waals surface area contributed by atoms with Gasteiger partial charge in [0.2, 0.25) is 5.91 Å². The molecule has 0 aliphatic carbocycles. The Hall–Kier alpha value is -1.28. The molecule has 0 saturated heterocycles. The van der Waals surface area contributed by atoms with E-state index in [4.69, 9.17) is 17.3 Å². The number of nitrogens with two attached hydrogens (primary N) is 1. The van der Waals surface area contributed by atoms with E-state index in [1.807, 2.05) is 12.1 Å². The summed E-state index contributed by atoms with van der Waals surface area (Å²) in [4.78, 5) is 10.8. The summed E-state index contributed by atoms with van der Waals surface area (Å²) in [6.07, 6.45) is 2.00. The third-order valence-corrected chi connectivity index (χ3v) is 2.26. The minimum atomic E-state index is -0.329. The van der Waals surface area contributed by atoms with Gasteiger partial charge in [-0.3, -0.25) is 4.79 Å². The molecule has 0 saturated carbocycles. The van der Waals surface area contributed by atoms with Crippen LogP contribution in [0.3, 0.4) is 0 Å². The van der Waals surface area contributed by atoms with Crippen molar-refractivity contribution in [1.82, 2.24) is 0 Å². The second kappa shape index (κ2) is 4.82. The molecule has 0 unspecified atom stereocenters. The number of halogens is 1. The lowest BCUT2D eigenvalue weighted by Crippen LogP contribution is -2.14. The number of allylic oxidation sites excluding steroid dienone is 1.